The maximum atomic E-state index is 13.1. The van der Waals surface area contributed by atoms with Crippen LogP contribution in [0.25, 0.3) is 17.2 Å². The first-order valence-corrected chi connectivity index (χ1v) is 10.6. The van der Waals surface area contributed by atoms with Crippen LogP contribution in [0, 0.1) is 0 Å². The first kappa shape index (κ1) is 21.5. The fourth-order valence-corrected chi connectivity index (χ4v) is 4.27. The third-order valence-corrected chi connectivity index (χ3v) is 6.03. The summed E-state index contributed by atoms with van der Waals surface area (Å²) >= 11 is 0. The van der Waals surface area contributed by atoms with Crippen molar-refractivity contribution in [3.05, 3.63) is 84.2 Å². The molecule has 3 rings (SSSR count). The number of carbonyl (C=O) groups excluding carboxylic acids is 1. The molecular weight excluding hydrogens is 402 g/mol. The van der Waals surface area contributed by atoms with Crippen LogP contribution in [0.1, 0.15) is 11.1 Å². The summed E-state index contributed by atoms with van der Waals surface area (Å²) in [4.78, 5) is 13.3. The molecule has 3 aromatic rings. The predicted molar refractivity (Wildman–Crippen MR) is 115 cm³/mol. The first-order valence-electron chi connectivity index (χ1n) is 9.19. The summed E-state index contributed by atoms with van der Waals surface area (Å²) in [6.45, 7) is 0.791. The fourth-order valence-electron chi connectivity index (χ4n) is 3.02. The van der Waals surface area contributed by atoms with E-state index in [-0.39, 0.29) is 4.90 Å². The van der Waals surface area contributed by atoms with Crippen LogP contribution in [0.2, 0.25) is 0 Å². The number of hydrogen-bond acceptors (Lipinski definition) is 5. The topological polar surface area (TPSA) is 91.6 Å². The smallest absolute Gasteiger partial charge is 0.267 e. The van der Waals surface area contributed by atoms with Gasteiger partial charge in [-0.3, -0.25) is 10.0 Å². The van der Waals surface area contributed by atoms with Crippen molar-refractivity contribution < 1.29 is 18.4 Å². The van der Waals surface area contributed by atoms with E-state index in [0.29, 0.717) is 5.56 Å². The minimum absolute atomic E-state index is 0.164. The lowest BCUT2D eigenvalue weighted by atomic mass is 10.0. The van der Waals surface area contributed by atoms with E-state index in [4.69, 9.17) is 5.21 Å². The van der Waals surface area contributed by atoms with Crippen molar-refractivity contribution in [1.82, 2.24) is 14.4 Å². The standard InChI is InChI=1S/C22H23N3O4S/c1-24(2)15-18-5-3-6-19(13-18)20-7-4-8-21(14-20)30(28,29)25-12-11-17(16-25)9-10-22(26)23-27/h3-14,16,27H,15H2,1-2H3,(H,23,26). The summed E-state index contributed by atoms with van der Waals surface area (Å²) in [6, 6.07) is 16.4. The maximum absolute atomic E-state index is 13.1. The molecule has 8 heteroatoms. The zero-order valence-electron chi connectivity index (χ0n) is 16.7. The molecule has 0 fully saturated rings. The van der Waals surface area contributed by atoms with Crippen molar-refractivity contribution in [3.63, 3.8) is 0 Å². The van der Waals surface area contributed by atoms with Gasteiger partial charge in [0.1, 0.15) is 0 Å². The lowest BCUT2D eigenvalue weighted by Gasteiger charge is -2.12. The summed E-state index contributed by atoms with van der Waals surface area (Å²) < 4.78 is 27.2. The average molecular weight is 426 g/mol. The number of benzene rings is 2. The van der Waals surface area contributed by atoms with Gasteiger partial charge in [-0.15, -0.1) is 0 Å². The zero-order valence-corrected chi connectivity index (χ0v) is 17.5. The van der Waals surface area contributed by atoms with Gasteiger partial charge in [0.2, 0.25) is 0 Å². The summed E-state index contributed by atoms with van der Waals surface area (Å²) in [5, 5.41) is 8.52. The van der Waals surface area contributed by atoms with Gasteiger partial charge in [0, 0.05) is 25.0 Å². The van der Waals surface area contributed by atoms with Crippen molar-refractivity contribution in [2.45, 2.75) is 11.4 Å². The van der Waals surface area contributed by atoms with Gasteiger partial charge in [-0.1, -0.05) is 30.3 Å². The van der Waals surface area contributed by atoms with Gasteiger partial charge < -0.3 is 4.90 Å². The third-order valence-electron chi connectivity index (χ3n) is 4.40. The molecular formula is C22H23N3O4S. The molecule has 0 radical (unpaired) electrons. The lowest BCUT2D eigenvalue weighted by molar-refractivity contribution is -0.124. The Balaban J connectivity index is 1.91. The molecule has 0 unspecified atom stereocenters. The highest BCUT2D eigenvalue weighted by molar-refractivity contribution is 7.90. The number of nitrogens with one attached hydrogen (secondary N) is 1. The molecule has 1 heterocycles. The molecule has 0 aliphatic rings. The van der Waals surface area contributed by atoms with Crippen LogP contribution < -0.4 is 5.48 Å². The number of nitrogens with zero attached hydrogens (tertiary/aromatic N) is 2. The van der Waals surface area contributed by atoms with E-state index in [1.165, 1.54) is 23.9 Å². The van der Waals surface area contributed by atoms with Crippen LogP contribution in [-0.2, 0) is 21.4 Å². The largest absolute Gasteiger partial charge is 0.305 e. The second kappa shape index (κ2) is 9.08. The van der Waals surface area contributed by atoms with Crippen LogP contribution in [0.3, 0.4) is 0 Å². The monoisotopic (exact) mass is 425 g/mol. The Kier molecular flexibility index (Phi) is 6.51. The molecule has 2 aromatic carbocycles. The van der Waals surface area contributed by atoms with E-state index >= 15 is 0 Å². The van der Waals surface area contributed by atoms with Gasteiger partial charge in [-0.05, 0) is 66.7 Å². The van der Waals surface area contributed by atoms with Crippen molar-refractivity contribution in [1.29, 1.82) is 0 Å². The van der Waals surface area contributed by atoms with Gasteiger partial charge >= 0.3 is 0 Å². The highest BCUT2D eigenvalue weighted by atomic mass is 32.2. The Morgan fingerprint density at radius 2 is 1.80 bits per heavy atom. The van der Waals surface area contributed by atoms with E-state index in [2.05, 4.69) is 11.0 Å². The number of carbonyl (C=O) groups is 1. The molecule has 0 aliphatic carbocycles. The molecule has 0 saturated heterocycles. The van der Waals surface area contributed by atoms with E-state index in [1.807, 2.05) is 38.4 Å². The SMILES string of the molecule is CN(C)Cc1cccc(-c2cccc(S(=O)(=O)n3ccc(C=CC(=O)NO)c3)c2)c1. The molecule has 2 N–H and O–H groups in total. The number of amides is 1. The highest BCUT2D eigenvalue weighted by Crippen LogP contribution is 2.25. The maximum Gasteiger partial charge on any atom is 0.267 e. The number of rotatable bonds is 7. The summed E-state index contributed by atoms with van der Waals surface area (Å²) in [7, 11) is 0.196. The molecule has 30 heavy (non-hydrogen) atoms. The molecule has 0 bridgehead atoms. The van der Waals surface area contributed by atoms with Crippen molar-refractivity contribution in [3.8, 4) is 11.1 Å². The minimum Gasteiger partial charge on any atom is -0.305 e. The normalized spacial score (nSPS) is 11.9. The average Bonchev–Trinajstić information content (AvgIpc) is 3.22. The molecule has 0 atom stereocenters. The highest BCUT2D eigenvalue weighted by Gasteiger charge is 2.17. The second-order valence-corrected chi connectivity index (χ2v) is 8.90. The van der Waals surface area contributed by atoms with Gasteiger partial charge in [0.05, 0.1) is 4.90 Å². The van der Waals surface area contributed by atoms with Crippen molar-refractivity contribution in [2.24, 2.45) is 0 Å². The molecule has 1 amide bonds. The van der Waals surface area contributed by atoms with Crippen LogP contribution >= 0.6 is 0 Å². The predicted octanol–water partition coefficient (Wildman–Crippen LogP) is 2.97. The van der Waals surface area contributed by atoms with E-state index in [1.54, 1.807) is 24.3 Å². The van der Waals surface area contributed by atoms with Crippen molar-refractivity contribution in [2.75, 3.05) is 14.1 Å². The number of aromatic nitrogens is 1. The number of hydrogen-bond donors (Lipinski definition) is 2. The van der Waals surface area contributed by atoms with E-state index in [0.717, 1.165) is 33.3 Å². The third kappa shape index (κ3) is 5.04. The Hall–Kier alpha value is -3.20. The molecule has 156 valence electrons. The molecule has 7 nitrogen and oxygen atoms in total. The summed E-state index contributed by atoms with van der Waals surface area (Å²) in [6.07, 6.45) is 5.33. The molecule has 0 saturated carbocycles. The summed E-state index contributed by atoms with van der Waals surface area (Å²) in [5.74, 6) is -0.699. The van der Waals surface area contributed by atoms with Gasteiger partial charge in [0.15, 0.2) is 0 Å². The first-order chi connectivity index (χ1) is 14.3. The van der Waals surface area contributed by atoms with Gasteiger partial charge in [-0.2, -0.15) is 0 Å². The van der Waals surface area contributed by atoms with Crippen LogP contribution in [0.4, 0.5) is 0 Å². The van der Waals surface area contributed by atoms with Gasteiger partial charge in [0.25, 0.3) is 15.9 Å². The zero-order chi connectivity index (χ0) is 21.7. The second-order valence-electron chi connectivity index (χ2n) is 7.06. The quantitative estimate of drug-likeness (QED) is 0.345. The Morgan fingerprint density at radius 1 is 1.10 bits per heavy atom. The van der Waals surface area contributed by atoms with Crippen LogP contribution in [0.15, 0.2) is 78.0 Å². The van der Waals surface area contributed by atoms with E-state index in [9.17, 15) is 13.2 Å². The Morgan fingerprint density at radius 3 is 2.50 bits per heavy atom. The summed E-state index contributed by atoms with van der Waals surface area (Å²) in [5.41, 5.74) is 4.88. The molecule has 0 spiro atoms. The minimum atomic E-state index is -3.80. The molecule has 1 aromatic heterocycles. The number of hydroxylamine groups is 1. The fraction of sp³-hybridized carbons (Fsp3) is 0.136. The Bertz CT molecular complexity index is 1180. The van der Waals surface area contributed by atoms with Crippen LogP contribution in [-0.4, -0.2) is 42.5 Å². The van der Waals surface area contributed by atoms with Crippen molar-refractivity contribution >= 4 is 22.0 Å². The van der Waals surface area contributed by atoms with Crippen LogP contribution in [0.5, 0.6) is 0 Å². The van der Waals surface area contributed by atoms with E-state index < -0.39 is 15.9 Å². The molecule has 0 aliphatic heterocycles. The lowest BCUT2D eigenvalue weighted by Crippen LogP contribution is -2.14. The van der Waals surface area contributed by atoms with Gasteiger partial charge in [-0.25, -0.2) is 17.9 Å². The Labute approximate surface area is 175 Å².